The number of nitrogens with one attached hydrogen (secondary N) is 1. The number of hydrogen-bond donors (Lipinski definition) is 2. The number of carbonyl (C=O) groups excluding carboxylic acids is 1. The van der Waals surface area contributed by atoms with Crippen LogP contribution in [0.3, 0.4) is 0 Å². The molecule has 1 heterocycles. The van der Waals surface area contributed by atoms with Crippen molar-refractivity contribution in [2.45, 2.75) is 38.3 Å². The van der Waals surface area contributed by atoms with Gasteiger partial charge >= 0.3 is 12.1 Å². The summed E-state index contributed by atoms with van der Waals surface area (Å²) in [5.41, 5.74) is 1.63. The summed E-state index contributed by atoms with van der Waals surface area (Å²) in [6.07, 6.45) is 2.97. The van der Waals surface area contributed by atoms with Crippen molar-refractivity contribution >= 4 is 12.1 Å². The Balaban J connectivity index is 1.41. The van der Waals surface area contributed by atoms with Crippen LogP contribution in [0.1, 0.15) is 30.4 Å². The lowest BCUT2D eigenvalue weighted by atomic mass is 10.1. The molecule has 0 spiro atoms. The number of amides is 1. The van der Waals surface area contributed by atoms with Crippen LogP contribution in [-0.2, 0) is 22.6 Å². The summed E-state index contributed by atoms with van der Waals surface area (Å²) >= 11 is 0. The number of likely N-dealkylation sites (tertiary alicyclic amines) is 1. The van der Waals surface area contributed by atoms with Crippen LogP contribution in [0.25, 0.3) is 0 Å². The number of carboxylic acid groups (broad SMARTS) is 1. The number of ether oxygens (including phenoxy) is 2. The molecular weight excluding hydrogens is 396 g/mol. The largest absolute Gasteiger partial charge is 0.494 e. The molecule has 1 aliphatic rings. The maximum atomic E-state index is 12.0. The predicted molar refractivity (Wildman–Crippen MR) is 117 cm³/mol. The quantitative estimate of drug-likeness (QED) is 0.535. The Morgan fingerprint density at radius 1 is 1.00 bits per heavy atom. The van der Waals surface area contributed by atoms with E-state index in [0.717, 1.165) is 29.8 Å². The minimum atomic E-state index is -1.11. The molecule has 7 nitrogen and oxygen atoms in total. The van der Waals surface area contributed by atoms with E-state index >= 15 is 0 Å². The number of hydrogen-bond acceptors (Lipinski definition) is 5. The Labute approximate surface area is 183 Å². The lowest BCUT2D eigenvalue weighted by Crippen LogP contribution is -2.42. The third kappa shape index (κ3) is 7.94. The molecule has 0 bridgehead atoms. The van der Waals surface area contributed by atoms with E-state index in [9.17, 15) is 14.7 Å². The van der Waals surface area contributed by atoms with E-state index in [1.54, 1.807) is 0 Å². The van der Waals surface area contributed by atoms with Gasteiger partial charge in [-0.1, -0.05) is 42.5 Å². The van der Waals surface area contributed by atoms with E-state index in [1.165, 1.54) is 25.9 Å². The maximum absolute atomic E-state index is 12.0. The van der Waals surface area contributed by atoms with Gasteiger partial charge in [0.25, 0.3) is 0 Å². The van der Waals surface area contributed by atoms with Crippen molar-refractivity contribution in [3.63, 3.8) is 0 Å². The zero-order chi connectivity index (χ0) is 21.9. The standard InChI is InChI=1S/C24H30N2O5/c27-23(28)22(25-24(29)31-18-20-7-2-1-3-8-20)17-19-9-11-21(12-10-19)30-16-6-15-26-13-4-5-14-26/h1-3,7-12,22H,4-6,13-18H2,(H,25,29)(H,27,28). The van der Waals surface area contributed by atoms with Crippen LogP contribution in [0, 0.1) is 0 Å². The third-order valence-corrected chi connectivity index (χ3v) is 5.25. The van der Waals surface area contributed by atoms with Gasteiger partial charge in [-0.05, 0) is 55.6 Å². The van der Waals surface area contributed by atoms with Gasteiger partial charge in [0, 0.05) is 13.0 Å². The zero-order valence-electron chi connectivity index (χ0n) is 17.7. The van der Waals surface area contributed by atoms with Crippen molar-refractivity contribution in [2.75, 3.05) is 26.2 Å². The molecule has 0 aliphatic carbocycles. The number of nitrogens with zero attached hydrogens (tertiary/aromatic N) is 1. The Bertz CT molecular complexity index is 820. The Morgan fingerprint density at radius 2 is 1.71 bits per heavy atom. The molecule has 0 aromatic heterocycles. The lowest BCUT2D eigenvalue weighted by molar-refractivity contribution is -0.139. The smallest absolute Gasteiger partial charge is 0.408 e. The topological polar surface area (TPSA) is 88.1 Å². The van der Waals surface area contributed by atoms with Gasteiger partial charge in [0.2, 0.25) is 0 Å². The van der Waals surface area contributed by atoms with Crippen molar-refractivity contribution < 1.29 is 24.2 Å². The van der Waals surface area contributed by atoms with E-state index in [-0.39, 0.29) is 13.0 Å². The second kappa shape index (κ2) is 12.0. The van der Waals surface area contributed by atoms with Crippen molar-refractivity contribution in [3.8, 4) is 5.75 Å². The van der Waals surface area contributed by atoms with Crippen molar-refractivity contribution in [3.05, 3.63) is 65.7 Å². The molecule has 1 atom stereocenters. The summed E-state index contributed by atoms with van der Waals surface area (Å²) < 4.78 is 10.9. The number of rotatable bonds is 11. The normalized spacial score (nSPS) is 14.7. The van der Waals surface area contributed by atoms with Gasteiger partial charge in [-0.3, -0.25) is 0 Å². The van der Waals surface area contributed by atoms with Gasteiger partial charge in [-0.15, -0.1) is 0 Å². The summed E-state index contributed by atoms with van der Waals surface area (Å²) in [4.78, 5) is 26.0. The fraction of sp³-hybridized carbons (Fsp3) is 0.417. The van der Waals surface area contributed by atoms with Gasteiger partial charge < -0.3 is 24.8 Å². The highest BCUT2D eigenvalue weighted by Crippen LogP contribution is 2.15. The molecule has 1 aliphatic heterocycles. The summed E-state index contributed by atoms with van der Waals surface area (Å²) in [6, 6.07) is 15.5. The first kappa shape index (κ1) is 22.6. The lowest BCUT2D eigenvalue weighted by Gasteiger charge is -2.16. The van der Waals surface area contributed by atoms with E-state index < -0.39 is 18.1 Å². The molecule has 0 radical (unpaired) electrons. The van der Waals surface area contributed by atoms with Gasteiger partial charge in [-0.25, -0.2) is 9.59 Å². The molecule has 1 fully saturated rings. The average Bonchev–Trinajstić information content (AvgIpc) is 3.30. The summed E-state index contributed by atoms with van der Waals surface area (Å²) in [5, 5.41) is 11.9. The second-order valence-electron chi connectivity index (χ2n) is 7.70. The van der Waals surface area contributed by atoms with Gasteiger partial charge in [0.15, 0.2) is 0 Å². The van der Waals surface area contributed by atoms with Crippen LogP contribution in [0.5, 0.6) is 5.75 Å². The average molecular weight is 427 g/mol. The molecule has 1 amide bonds. The minimum absolute atomic E-state index is 0.0861. The number of aliphatic carboxylic acids is 1. The summed E-state index contributed by atoms with van der Waals surface area (Å²) in [6.45, 7) is 4.18. The number of benzene rings is 2. The molecule has 166 valence electrons. The minimum Gasteiger partial charge on any atom is -0.494 e. The zero-order valence-corrected chi connectivity index (χ0v) is 17.7. The van der Waals surface area contributed by atoms with Crippen LogP contribution in [0.4, 0.5) is 4.79 Å². The molecular formula is C24H30N2O5. The van der Waals surface area contributed by atoms with Crippen molar-refractivity contribution in [1.82, 2.24) is 10.2 Å². The first-order valence-corrected chi connectivity index (χ1v) is 10.7. The summed E-state index contributed by atoms with van der Waals surface area (Å²) in [7, 11) is 0. The Hall–Kier alpha value is -3.06. The Kier molecular flexibility index (Phi) is 8.72. The molecule has 7 heteroatoms. The van der Waals surface area contributed by atoms with Crippen LogP contribution in [-0.4, -0.2) is 54.4 Å². The first-order valence-electron chi connectivity index (χ1n) is 10.7. The first-order chi connectivity index (χ1) is 15.1. The van der Waals surface area contributed by atoms with Crippen molar-refractivity contribution in [2.24, 2.45) is 0 Å². The highest BCUT2D eigenvalue weighted by Gasteiger charge is 2.21. The monoisotopic (exact) mass is 426 g/mol. The number of carboxylic acids is 1. The molecule has 2 aromatic carbocycles. The predicted octanol–water partition coefficient (Wildman–Crippen LogP) is 3.47. The third-order valence-electron chi connectivity index (χ3n) is 5.25. The number of carbonyl (C=O) groups is 2. The molecule has 3 rings (SSSR count). The van der Waals surface area contributed by atoms with E-state index in [0.29, 0.717) is 6.61 Å². The molecule has 0 saturated carbocycles. The SMILES string of the molecule is O=C(NC(Cc1ccc(OCCCN2CCCC2)cc1)C(=O)O)OCc1ccccc1. The van der Waals surface area contributed by atoms with Crippen molar-refractivity contribution in [1.29, 1.82) is 0 Å². The van der Waals surface area contributed by atoms with Crippen LogP contribution < -0.4 is 10.1 Å². The van der Waals surface area contributed by atoms with Crippen LogP contribution in [0.15, 0.2) is 54.6 Å². The van der Waals surface area contributed by atoms with Crippen LogP contribution in [0.2, 0.25) is 0 Å². The van der Waals surface area contributed by atoms with Gasteiger partial charge in [-0.2, -0.15) is 0 Å². The molecule has 1 saturated heterocycles. The fourth-order valence-electron chi connectivity index (χ4n) is 3.55. The molecule has 2 aromatic rings. The van der Waals surface area contributed by atoms with Gasteiger partial charge in [0.1, 0.15) is 18.4 Å². The highest BCUT2D eigenvalue weighted by atomic mass is 16.5. The fourth-order valence-corrected chi connectivity index (χ4v) is 3.55. The van der Waals surface area contributed by atoms with Gasteiger partial charge in [0.05, 0.1) is 6.61 Å². The molecule has 31 heavy (non-hydrogen) atoms. The van der Waals surface area contributed by atoms with Crippen LogP contribution >= 0.6 is 0 Å². The molecule has 2 N–H and O–H groups in total. The Morgan fingerprint density at radius 3 is 2.39 bits per heavy atom. The summed E-state index contributed by atoms with van der Waals surface area (Å²) in [5.74, 6) is -0.355. The maximum Gasteiger partial charge on any atom is 0.408 e. The van der Waals surface area contributed by atoms with E-state index in [1.807, 2.05) is 54.6 Å². The number of alkyl carbamates (subject to hydrolysis) is 1. The van der Waals surface area contributed by atoms with E-state index in [4.69, 9.17) is 9.47 Å². The highest BCUT2D eigenvalue weighted by molar-refractivity contribution is 5.80. The van der Waals surface area contributed by atoms with E-state index in [2.05, 4.69) is 10.2 Å². The molecule has 1 unspecified atom stereocenters. The second-order valence-corrected chi connectivity index (χ2v) is 7.70.